The molecule has 1 atom stereocenters. The largest absolute Gasteiger partial charge is 0.465 e. The molecule has 8 nitrogen and oxygen atoms in total. The molecule has 0 saturated carbocycles. The van der Waals surface area contributed by atoms with E-state index in [-0.39, 0.29) is 17.2 Å². The Morgan fingerprint density at radius 2 is 1.40 bits per heavy atom. The summed E-state index contributed by atoms with van der Waals surface area (Å²) >= 11 is 1.29. The predicted octanol–water partition coefficient (Wildman–Crippen LogP) is 7.66. The average Bonchev–Trinajstić information content (AvgIpc) is 3.12. The monoisotopic (exact) mass is 655 g/mol. The van der Waals surface area contributed by atoms with Crippen LogP contribution in [0.15, 0.2) is 144 Å². The molecule has 9 heteroatoms. The fraction of sp³-hybridized carbons (Fsp3) is 0.0769. The van der Waals surface area contributed by atoms with E-state index < -0.39 is 23.0 Å². The van der Waals surface area contributed by atoms with E-state index in [9.17, 15) is 19.2 Å². The van der Waals surface area contributed by atoms with Crippen molar-refractivity contribution >= 4 is 52.9 Å². The second kappa shape index (κ2) is 16.1. The molecule has 3 amide bonds. The molecule has 0 heterocycles. The molecule has 0 spiro atoms. The van der Waals surface area contributed by atoms with Crippen molar-refractivity contribution in [1.82, 2.24) is 5.32 Å². The Labute approximate surface area is 283 Å². The summed E-state index contributed by atoms with van der Waals surface area (Å²) in [5.41, 5.74) is 4.08. The van der Waals surface area contributed by atoms with E-state index in [1.807, 2.05) is 73.7 Å². The maximum Gasteiger partial charge on any atom is 0.339 e. The number of hydrogen-bond acceptors (Lipinski definition) is 6. The van der Waals surface area contributed by atoms with Gasteiger partial charge in [0.2, 0.25) is 5.91 Å². The summed E-state index contributed by atoms with van der Waals surface area (Å²) in [5.74, 6) is -1.84. The van der Waals surface area contributed by atoms with Gasteiger partial charge in [0.25, 0.3) is 11.8 Å². The van der Waals surface area contributed by atoms with Gasteiger partial charge in [-0.15, -0.1) is 11.8 Å². The normalized spacial score (nSPS) is 11.6. The Morgan fingerprint density at radius 3 is 2.10 bits per heavy atom. The first-order valence-corrected chi connectivity index (χ1v) is 15.9. The fourth-order valence-corrected chi connectivity index (χ4v) is 5.82. The molecule has 0 aromatic heterocycles. The number of rotatable bonds is 11. The number of thioether (sulfide) groups is 1. The average molecular weight is 656 g/mol. The maximum atomic E-state index is 13.7. The molecule has 0 fully saturated rings. The Balaban J connectivity index is 1.38. The van der Waals surface area contributed by atoms with E-state index in [1.165, 1.54) is 18.9 Å². The van der Waals surface area contributed by atoms with E-state index in [1.54, 1.807) is 72.8 Å². The number of aryl methyl sites for hydroxylation is 1. The Hall–Kier alpha value is -5.93. The van der Waals surface area contributed by atoms with E-state index in [4.69, 9.17) is 4.74 Å². The zero-order valence-corrected chi connectivity index (χ0v) is 27.1. The Kier molecular flexibility index (Phi) is 11.2. The highest BCUT2D eigenvalue weighted by atomic mass is 32.2. The van der Waals surface area contributed by atoms with E-state index in [0.29, 0.717) is 21.8 Å². The lowest BCUT2D eigenvalue weighted by atomic mass is 10.1. The van der Waals surface area contributed by atoms with Gasteiger partial charge in [0.15, 0.2) is 0 Å². The lowest BCUT2D eigenvalue weighted by Crippen LogP contribution is -2.30. The number of methoxy groups -OCH3 is 1. The third-order valence-electron chi connectivity index (χ3n) is 7.19. The zero-order valence-electron chi connectivity index (χ0n) is 26.3. The van der Waals surface area contributed by atoms with Crippen molar-refractivity contribution < 1.29 is 23.9 Å². The lowest BCUT2D eigenvalue weighted by Gasteiger charge is -2.19. The number of esters is 1. The topological polar surface area (TPSA) is 114 Å². The molecule has 0 aliphatic carbocycles. The molecule has 3 N–H and O–H groups in total. The molecule has 0 saturated heterocycles. The van der Waals surface area contributed by atoms with Gasteiger partial charge >= 0.3 is 5.97 Å². The molecule has 0 bridgehead atoms. The molecular weight excluding hydrogens is 623 g/mol. The van der Waals surface area contributed by atoms with Crippen LogP contribution in [0.25, 0.3) is 6.08 Å². The first-order valence-electron chi connectivity index (χ1n) is 15.1. The second-order valence-electron chi connectivity index (χ2n) is 10.7. The van der Waals surface area contributed by atoms with Crippen LogP contribution in [0.1, 0.15) is 42.7 Å². The number of anilines is 2. The molecule has 0 aliphatic rings. The number of amides is 3. The highest BCUT2D eigenvalue weighted by Crippen LogP contribution is 2.37. The summed E-state index contributed by atoms with van der Waals surface area (Å²) in [4.78, 5) is 53.4. The van der Waals surface area contributed by atoms with Crippen LogP contribution in [-0.4, -0.2) is 30.8 Å². The van der Waals surface area contributed by atoms with Gasteiger partial charge in [-0.1, -0.05) is 96.6 Å². The van der Waals surface area contributed by atoms with Crippen LogP contribution in [-0.2, 0) is 14.3 Å². The summed E-state index contributed by atoms with van der Waals surface area (Å²) in [7, 11) is 1.29. The van der Waals surface area contributed by atoms with Gasteiger partial charge in [-0.2, -0.15) is 0 Å². The van der Waals surface area contributed by atoms with Crippen molar-refractivity contribution in [3.05, 3.63) is 167 Å². The SMILES string of the molecule is COC(=O)c1ccccc1NC(=O)C(Sc1cccc(NC(=O)/C(=C\c2ccc(C)cc2)NC(=O)c2ccccc2)c1)c1ccccc1. The molecule has 240 valence electrons. The van der Waals surface area contributed by atoms with Crippen LogP contribution in [0.4, 0.5) is 11.4 Å². The van der Waals surface area contributed by atoms with Crippen LogP contribution < -0.4 is 16.0 Å². The first kappa shape index (κ1) is 33.4. The van der Waals surface area contributed by atoms with Crippen molar-refractivity contribution in [1.29, 1.82) is 0 Å². The van der Waals surface area contributed by atoms with Crippen molar-refractivity contribution in [2.45, 2.75) is 17.1 Å². The molecule has 5 aromatic carbocycles. The number of carbonyl (C=O) groups excluding carboxylic acids is 4. The first-order chi connectivity index (χ1) is 23.3. The lowest BCUT2D eigenvalue weighted by molar-refractivity contribution is -0.116. The maximum absolute atomic E-state index is 13.7. The van der Waals surface area contributed by atoms with Gasteiger partial charge in [0, 0.05) is 16.1 Å². The fourth-order valence-electron chi connectivity index (χ4n) is 4.73. The molecule has 1 unspecified atom stereocenters. The molecular formula is C39H33N3O5S. The highest BCUT2D eigenvalue weighted by molar-refractivity contribution is 8.00. The van der Waals surface area contributed by atoms with Crippen LogP contribution in [0.5, 0.6) is 0 Å². The third kappa shape index (κ3) is 8.86. The smallest absolute Gasteiger partial charge is 0.339 e. The summed E-state index contributed by atoms with van der Waals surface area (Å²) in [6.45, 7) is 1.97. The van der Waals surface area contributed by atoms with Crippen LogP contribution >= 0.6 is 11.8 Å². The summed E-state index contributed by atoms with van der Waals surface area (Å²) in [6, 6.07) is 39.3. The number of ether oxygens (including phenoxy) is 1. The van der Waals surface area contributed by atoms with Crippen LogP contribution in [0.2, 0.25) is 0 Å². The number of para-hydroxylation sites is 1. The number of benzene rings is 5. The zero-order chi connectivity index (χ0) is 33.9. The molecule has 0 aliphatic heterocycles. The van der Waals surface area contributed by atoms with Crippen LogP contribution in [0, 0.1) is 6.92 Å². The minimum absolute atomic E-state index is 0.0663. The quantitative estimate of drug-likeness (QED) is 0.0765. The molecule has 0 radical (unpaired) electrons. The van der Waals surface area contributed by atoms with Gasteiger partial charge in [0.05, 0.1) is 18.4 Å². The van der Waals surface area contributed by atoms with Gasteiger partial charge in [-0.05, 0) is 66.6 Å². The molecule has 5 rings (SSSR count). The van der Waals surface area contributed by atoms with Gasteiger partial charge in [-0.3, -0.25) is 14.4 Å². The van der Waals surface area contributed by atoms with Crippen molar-refractivity contribution in [2.75, 3.05) is 17.7 Å². The standard InChI is InChI=1S/C39H33N3O5S/c1-26-20-22-27(23-21-26)24-34(42-36(43)29-14-7-4-8-15-29)37(44)40-30-16-11-17-31(25-30)48-35(28-12-5-3-6-13-28)38(45)41-33-19-10-9-18-32(33)39(46)47-2/h3-25,35H,1-2H3,(H,40,44)(H,41,45)(H,42,43)/b34-24+. The van der Waals surface area contributed by atoms with Crippen molar-refractivity contribution in [3.8, 4) is 0 Å². The minimum atomic E-state index is -0.704. The summed E-state index contributed by atoms with van der Waals surface area (Å²) < 4.78 is 4.89. The van der Waals surface area contributed by atoms with Gasteiger partial charge in [0.1, 0.15) is 10.9 Å². The minimum Gasteiger partial charge on any atom is -0.465 e. The summed E-state index contributed by atoms with van der Waals surface area (Å²) in [5, 5.41) is 7.83. The van der Waals surface area contributed by atoms with Crippen LogP contribution in [0.3, 0.4) is 0 Å². The number of carbonyl (C=O) groups is 4. The Morgan fingerprint density at radius 1 is 0.729 bits per heavy atom. The predicted molar refractivity (Wildman–Crippen MR) is 190 cm³/mol. The number of nitrogens with one attached hydrogen (secondary N) is 3. The number of hydrogen-bond donors (Lipinski definition) is 3. The van der Waals surface area contributed by atoms with E-state index in [2.05, 4.69) is 16.0 Å². The van der Waals surface area contributed by atoms with Crippen molar-refractivity contribution in [3.63, 3.8) is 0 Å². The molecule has 5 aromatic rings. The van der Waals surface area contributed by atoms with Crippen molar-refractivity contribution in [2.24, 2.45) is 0 Å². The highest BCUT2D eigenvalue weighted by Gasteiger charge is 2.24. The van der Waals surface area contributed by atoms with Gasteiger partial charge in [-0.25, -0.2) is 4.79 Å². The van der Waals surface area contributed by atoms with E-state index in [0.717, 1.165) is 16.7 Å². The summed E-state index contributed by atoms with van der Waals surface area (Å²) in [6.07, 6.45) is 1.62. The van der Waals surface area contributed by atoms with Gasteiger partial charge < -0.3 is 20.7 Å². The second-order valence-corrected chi connectivity index (χ2v) is 11.9. The Bertz CT molecular complexity index is 1940. The van der Waals surface area contributed by atoms with E-state index >= 15 is 0 Å². The third-order valence-corrected chi connectivity index (χ3v) is 8.44. The molecule has 48 heavy (non-hydrogen) atoms.